The molecule has 0 spiro atoms. The Kier molecular flexibility index (Phi) is 5.11. The Morgan fingerprint density at radius 3 is 2.07 bits per heavy atom. The molecule has 28 heavy (non-hydrogen) atoms. The van der Waals surface area contributed by atoms with Crippen LogP contribution in [0.1, 0.15) is 24.0 Å². The van der Waals surface area contributed by atoms with Crippen LogP contribution < -0.4 is 5.56 Å². The Bertz CT molecular complexity index is 956. The van der Waals surface area contributed by atoms with E-state index >= 15 is 0 Å². The minimum atomic E-state index is -0.224. The summed E-state index contributed by atoms with van der Waals surface area (Å²) in [6, 6.07) is 25.9. The number of benzene rings is 2. The van der Waals surface area contributed by atoms with Gasteiger partial charge in [0.05, 0.1) is 0 Å². The summed E-state index contributed by atoms with van der Waals surface area (Å²) in [5, 5.41) is 0. The van der Waals surface area contributed by atoms with Crippen LogP contribution in [0.25, 0.3) is 0 Å². The molecule has 3 aromatic rings. The maximum atomic E-state index is 13.0. The van der Waals surface area contributed by atoms with Gasteiger partial charge in [-0.2, -0.15) is 0 Å². The van der Waals surface area contributed by atoms with E-state index in [2.05, 4.69) is 48.5 Å². The lowest BCUT2D eigenvalue weighted by atomic mass is 9.69. The molecule has 1 fully saturated rings. The molecule has 4 nitrogen and oxygen atoms in total. The molecule has 0 unspecified atom stereocenters. The van der Waals surface area contributed by atoms with Gasteiger partial charge < -0.3 is 9.47 Å². The SMILES string of the molecule is O=C(Cn1ccccc1=O)N1CCCC(c2ccccc2)(c2ccccc2)C1. The van der Waals surface area contributed by atoms with Gasteiger partial charge in [-0.25, -0.2) is 0 Å². The van der Waals surface area contributed by atoms with Crippen LogP contribution in [-0.2, 0) is 16.8 Å². The second-order valence-corrected chi connectivity index (χ2v) is 7.40. The first-order valence-corrected chi connectivity index (χ1v) is 9.73. The van der Waals surface area contributed by atoms with Crippen LogP contribution in [0.5, 0.6) is 0 Å². The number of hydrogen-bond acceptors (Lipinski definition) is 2. The highest BCUT2D eigenvalue weighted by molar-refractivity contribution is 5.76. The monoisotopic (exact) mass is 372 g/mol. The fraction of sp³-hybridized carbons (Fsp3) is 0.250. The molecule has 0 aliphatic carbocycles. The van der Waals surface area contributed by atoms with Crippen LogP contribution in [0.3, 0.4) is 0 Å². The number of nitrogens with zero attached hydrogens (tertiary/aromatic N) is 2. The van der Waals surface area contributed by atoms with Crippen LogP contribution in [0.15, 0.2) is 89.9 Å². The molecule has 0 atom stereocenters. The second-order valence-electron chi connectivity index (χ2n) is 7.40. The Morgan fingerprint density at radius 1 is 0.857 bits per heavy atom. The fourth-order valence-corrected chi connectivity index (χ4v) is 4.26. The molecule has 0 N–H and O–H groups in total. The summed E-state index contributed by atoms with van der Waals surface area (Å²) in [4.78, 5) is 27.0. The van der Waals surface area contributed by atoms with E-state index in [4.69, 9.17) is 0 Å². The first-order chi connectivity index (χ1) is 13.7. The molecule has 0 radical (unpaired) electrons. The summed E-state index contributed by atoms with van der Waals surface area (Å²) < 4.78 is 1.48. The van der Waals surface area contributed by atoms with Gasteiger partial charge in [0.2, 0.25) is 5.91 Å². The van der Waals surface area contributed by atoms with E-state index in [-0.39, 0.29) is 23.4 Å². The van der Waals surface area contributed by atoms with Crippen molar-refractivity contribution in [2.75, 3.05) is 13.1 Å². The van der Waals surface area contributed by atoms with E-state index in [0.717, 1.165) is 19.4 Å². The molecular formula is C24H24N2O2. The molecule has 2 aromatic carbocycles. The van der Waals surface area contributed by atoms with Crippen molar-refractivity contribution in [2.24, 2.45) is 0 Å². The Labute approximate surface area is 165 Å². The zero-order valence-corrected chi connectivity index (χ0v) is 15.8. The number of amides is 1. The first kappa shape index (κ1) is 18.2. The van der Waals surface area contributed by atoms with Crippen LogP contribution in [0, 0.1) is 0 Å². The van der Waals surface area contributed by atoms with Gasteiger partial charge in [-0.05, 0) is 30.0 Å². The van der Waals surface area contributed by atoms with E-state index in [1.807, 2.05) is 17.0 Å². The van der Waals surface area contributed by atoms with Gasteiger partial charge in [-0.3, -0.25) is 9.59 Å². The van der Waals surface area contributed by atoms with Crippen molar-refractivity contribution in [3.8, 4) is 0 Å². The number of pyridine rings is 1. The van der Waals surface area contributed by atoms with Gasteiger partial charge >= 0.3 is 0 Å². The van der Waals surface area contributed by atoms with Gasteiger partial charge in [0.15, 0.2) is 0 Å². The minimum absolute atomic E-state index is 0.00997. The smallest absolute Gasteiger partial charge is 0.250 e. The third-order valence-electron chi connectivity index (χ3n) is 5.70. The highest BCUT2D eigenvalue weighted by Crippen LogP contribution is 2.40. The number of hydrogen-bond donors (Lipinski definition) is 0. The largest absolute Gasteiger partial charge is 0.340 e. The van der Waals surface area contributed by atoms with Crippen LogP contribution in [-0.4, -0.2) is 28.5 Å². The van der Waals surface area contributed by atoms with E-state index in [0.29, 0.717) is 6.54 Å². The third-order valence-corrected chi connectivity index (χ3v) is 5.70. The normalized spacial score (nSPS) is 15.9. The maximum absolute atomic E-state index is 13.0. The zero-order chi connectivity index (χ0) is 19.4. The second kappa shape index (κ2) is 7.85. The average Bonchev–Trinajstić information content (AvgIpc) is 2.76. The van der Waals surface area contributed by atoms with Crippen molar-refractivity contribution < 1.29 is 4.79 Å². The third kappa shape index (κ3) is 3.50. The molecule has 1 amide bonds. The molecule has 142 valence electrons. The van der Waals surface area contributed by atoms with Crippen molar-refractivity contribution >= 4 is 5.91 Å². The van der Waals surface area contributed by atoms with Crippen molar-refractivity contribution in [2.45, 2.75) is 24.8 Å². The van der Waals surface area contributed by atoms with Gasteiger partial charge in [0.1, 0.15) is 6.54 Å². The quantitative estimate of drug-likeness (QED) is 0.704. The highest BCUT2D eigenvalue weighted by Gasteiger charge is 2.39. The summed E-state index contributed by atoms with van der Waals surface area (Å²) in [5.41, 5.74) is 2.09. The summed E-state index contributed by atoms with van der Waals surface area (Å²) in [6.45, 7) is 1.43. The van der Waals surface area contributed by atoms with E-state index in [1.165, 1.54) is 21.8 Å². The number of rotatable bonds is 4. The standard InChI is InChI=1S/C24H24N2O2/c27-22-14-7-8-16-25(22)18-23(28)26-17-9-15-24(19-26,20-10-3-1-4-11-20)21-12-5-2-6-13-21/h1-8,10-14,16H,9,15,17-19H2. The van der Waals surface area contributed by atoms with Crippen LogP contribution in [0.4, 0.5) is 0 Å². The van der Waals surface area contributed by atoms with Crippen molar-refractivity contribution in [1.29, 1.82) is 0 Å². The van der Waals surface area contributed by atoms with Gasteiger partial charge in [-0.1, -0.05) is 66.7 Å². The molecule has 1 aliphatic rings. The summed E-state index contributed by atoms with van der Waals surface area (Å²) in [6.07, 6.45) is 3.60. The minimum Gasteiger partial charge on any atom is -0.340 e. The summed E-state index contributed by atoms with van der Waals surface area (Å²) >= 11 is 0. The molecule has 1 aromatic heterocycles. The molecule has 4 heteroatoms. The topological polar surface area (TPSA) is 42.3 Å². The number of carbonyl (C=O) groups excluding carboxylic acids is 1. The van der Waals surface area contributed by atoms with Gasteiger partial charge in [0, 0.05) is 30.8 Å². The highest BCUT2D eigenvalue weighted by atomic mass is 16.2. The molecule has 1 aliphatic heterocycles. The van der Waals surface area contributed by atoms with Crippen molar-refractivity contribution in [1.82, 2.24) is 9.47 Å². The molecule has 4 rings (SSSR count). The van der Waals surface area contributed by atoms with Crippen molar-refractivity contribution in [3.05, 3.63) is 107 Å². The van der Waals surface area contributed by atoms with Gasteiger partial charge in [-0.15, -0.1) is 0 Å². The predicted octanol–water partition coefficient (Wildman–Crippen LogP) is 3.46. The lowest BCUT2D eigenvalue weighted by Gasteiger charge is -2.44. The molecule has 1 saturated heterocycles. The predicted molar refractivity (Wildman–Crippen MR) is 110 cm³/mol. The van der Waals surface area contributed by atoms with Crippen LogP contribution in [0.2, 0.25) is 0 Å². The molecule has 2 heterocycles. The maximum Gasteiger partial charge on any atom is 0.250 e. The van der Waals surface area contributed by atoms with Gasteiger partial charge in [0.25, 0.3) is 5.56 Å². The first-order valence-electron chi connectivity index (χ1n) is 9.73. The van der Waals surface area contributed by atoms with E-state index < -0.39 is 0 Å². The van der Waals surface area contributed by atoms with E-state index in [1.54, 1.807) is 18.3 Å². The Hall–Kier alpha value is -3.14. The summed E-state index contributed by atoms with van der Waals surface area (Å²) in [7, 11) is 0. The summed E-state index contributed by atoms with van der Waals surface area (Å²) in [5.74, 6) is -0.00997. The number of likely N-dealkylation sites (tertiary alicyclic amines) is 1. The van der Waals surface area contributed by atoms with E-state index in [9.17, 15) is 9.59 Å². The van der Waals surface area contributed by atoms with Crippen LogP contribution >= 0.6 is 0 Å². The molecular weight excluding hydrogens is 348 g/mol. The molecule has 0 saturated carbocycles. The average molecular weight is 372 g/mol. The molecule has 0 bridgehead atoms. The number of carbonyl (C=O) groups is 1. The lowest BCUT2D eigenvalue weighted by molar-refractivity contribution is -0.133. The lowest BCUT2D eigenvalue weighted by Crippen LogP contribution is -2.50. The number of aromatic nitrogens is 1. The Balaban J connectivity index is 1.66. The number of piperidine rings is 1. The fourth-order valence-electron chi connectivity index (χ4n) is 4.26. The van der Waals surface area contributed by atoms with Crippen molar-refractivity contribution in [3.63, 3.8) is 0 Å². The zero-order valence-electron chi connectivity index (χ0n) is 15.8. The Morgan fingerprint density at radius 2 is 1.46 bits per heavy atom.